The van der Waals surface area contributed by atoms with Crippen LogP contribution in [0.1, 0.15) is 24.0 Å². The van der Waals surface area contributed by atoms with Gasteiger partial charge in [-0.2, -0.15) is 9.32 Å². The highest BCUT2D eigenvalue weighted by Crippen LogP contribution is 2.30. The average molecular weight is 331 g/mol. The molecule has 2 aromatic rings. The number of hydrogen-bond donors (Lipinski definition) is 2. The molecule has 6 nitrogen and oxygen atoms in total. The van der Waals surface area contributed by atoms with Crippen LogP contribution >= 0.6 is 0 Å². The van der Waals surface area contributed by atoms with E-state index >= 15 is 0 Å². The maximum atomic E-state index is 10.7. The van der Waals surface area contributed by atoms with Gasteiger partial charge < -0.3 is 9.92 Å². The lowest BCUT2D eigenvalue weighted by atomic mass is 9.91. The summed E-state index contributed by atoms with van der Waals surface area (Å²) in [5.74, 6) is 0.208. The van der Waals surface area contributed by atoms with Crippen molar-refractivity contribution in [3.63, 3.8) is 0 Å². The van der Waals surface area contributed by atoms with E-state index in [1.54, 1.807) is 6.07 Å². The van der Waals surface area contributed by atoms with Gasteiger partial charge in [0.25, 0.3) is 0 Å². The summed E-state index contributed by atoms with van der Waals surface area (Å²) in [6.07, 6.45) is 4.64. The van der Waals surface area contributed by atoms with Gasteiger partial charge in [-0.05, 0) is 61.1 Å². The number of anilines is 1. The van der Waals surface area contributed by atoms with Crippen molar-refractivity contribution in [1.29, 1.82) is 0 Å². The number of nitrogens with zero attached hydrogens (tertiary/aromatic N) is 2. The van der Waals surface area contributed by atoms with E-state index in [1.165, 1.54) is 36.1 Å². The zero-order valence-corrected chi connectivity index (χ0v) is 13.3. The maximum Gasteiger partial charge on any atom is 0.357 e. The lowest BCUT2D eigenvalue weighted by Crippen LogP contribution is -2.01. The van der Waals surface area contributed by atoms with Crippen molar-refractivity contribution in [2.45, 2.75) is 25.7 Å². The van der Waals surface area contributed by atoms with E-state index in [4.69, 9.17) is 14.5 Å². The van der Waals surface area contributed by atoms with Gasteiger partial charge in [0, 0.05) is 6.07 Å². The molecule has 0 heterocycles. The van der Waals surface area contributed by atoms with E-state index in [0.29, 0.717) is 11.4 Å². The Bertz CT molecular complexity index is 777. The van der Waals surface area contributed by atoms with Crippen LogP contribution in [0.5, 0.6) is 5.75 Å². The molecular weight excluding hydrogens is 314 g/mol. The van der Waals surface area contributed by atoms with Crippen molar-refractivity contribution in [1.82, 2.24) is 0 Å². The summed E-state index contributed by atoms with van der Waals surface area (Å²) in [6, 6.07) is 10.6. The van der Waals surface area contributed by atoms with Crippen LogP contribution in [0, 0.1) is 0 Å². The monoisotopic (exact) mass is 331 g/mol. The van der Waals surface area contributed by atoms with Crippen LogP contribution in [0.3, 0.4) is 0 Å². The molecule has 1 unspecified atom stereocenters. The molecule has 0 saturated carbocycles. The minimum Gasteiger partial charge on any atom is -0.397 e. The van der Waals surface area contributed by atoms with Crippen molar-refractivity contribution in [3.05, 3.63) is 47.5 Å². The van der Waals surface area contributed by atoms with E-state index in [2.05, 4.69) is 22.4 Å². The van der Waals surface area contributed by atoms with Gasteiger partial charge in [-0.25, -0.2) is 0 Å². The first-order chi connectivity index (χ1) is 11.1. The highest BCUT2D eigenvalue weighted by molar-refractivity contribution is 7.74. The van der Waals surface area contributed by atoms with E-state index < -0.39 is 11.4 Å². The molecule has 1 aliphatic carbocycles. The molecule has 0 saturated heterocycles. The first-order valence-electron chi connectivity index (χ1n) is 7.34. The van der Waals surface area contributed by atoms with E-state index in [9.17, 15) is 4.21 Å². The lowest BCUT2D eigenvalue weighted by molar-refractivity contribution is 0.458. The minimum atomic E-state index is -2.39. The zero-order chi connectivity index (χ0) is 16.2. The number of aryl methyl sites for hydroxylation is 2. The van der Waals surface area contributed by atoms with Crippen molar-refractivity contribution < 1.29 is 12.9 Å². The summed E-state index contributed by atoms with van der Waals surface area (Å²) in [5, 5.41) is 8.35. The molecule has 2 aromatic carbocycles. The standard InChI is InChI=1S/C16H17N3O3S/c17-15-8-7-14(22-23(20)21)10-16(15)19-18-13-6-5-11-3-1-2-4-12(11)9-13/h5-10H,1-4,17H2,(H,20,21). The first-order valence-corrected chi connectivity index (χ1v) is 8.37. The molecule has 1 atom stereocenters. The average Bonchev–Trinajstić information content (AvgIpc) is 2.54. The molecule has 0 amide bonds. The Morgan fingerprint density at radius 3 is 2.61 bits per heavy atom. The fourth-order valence-corrected chi connectivity index (χ4v) is 2.91. The van der Waals surface area contributed by atoms with E-state index in [-0.39, 0.29) is 5.75 Å². The Labute approximate surface area is 136 Å². The SMILES string of the molecule is Nc1ccc(OS(=O)O)cc1N=Nc1ccc2c(c1)CCCC2. The third-order valence-corrected chi connectivity index (χ3v) is 4.11. The number of rotatable bonds is 4. The minimum absolute atomic E-state index is 0.208. The van der Waals surface area contributed by atoms with Crippen LogP contribution in [0.15, 0.2) is 46.6 Å². The van der Waals surface area contributed by atoms with Gasteiger partial charge in [-0.3, -0.25) is 4.55 Å². The molecule has 0 spiro atoms. The fraction of sp³-hybridized carbons (Fsp3) is 0.250. The Morgan fingerprint density at radius 2 is 1.83 bits per heavy atom. The second kappa shape index (κ2) is 6.89. The number of benzene rings is 2. The van der Waals surface area contributed by atoms with Gasteiger partial charge in [0.15, 0.2) is 0 Å². The van der Waals surface area contributed by atoms with Gasteiger partial charge in [0.2, 0.25) is 0 Å². The summed E-state index contributed by atoms with van der Waals surface area (Å²) in [5.41, 5.74) is 10.1. The third kappa shape index (κ3) is 3.94. The van der Waals surface area contributed by atoms with Crippen LogP contribution in [-0.2, 0) is 24.2 Å². The molecule has 3 N–H and O–H groups in total. The molecule has 0 aliphatic heterocycles. The summed E-state index contributed by atoms with van der Waals surface area (Å²) in [6.45, 7) is 0. The number of fused-ring (bicyclic) bond motifs is 1. The maximum absolute atomic E-state index is 10.7. The van der Waals surface area contributed by atoms with Crippen LogP contribution in [-0.4, -0.2) is 8.76 Å². The van der Waals surface area contributed by atoms with Gasteiger partial charge in [-0.15, -0.1) is 5.11 Å². The van der Waals surface area contributed by atoms with Gasteiger partial charge in [-0.1, -0.05) is 6.07 Å². The van der Waals surface area contributed by atoms with Crippen molar-refractivity contribution in [2.24, 2.45) is 10.2 Å². The predicted molar refractivity (Wildman–Crippen MR) is 89.5 cm³/mol. The highest BCUT2D eigenvalue weighted by Gasteiger charge is 2.09. The first kappa shape index (κ1) is 15.6. The smallest absolute Gasteiger partial charge is 0.357 e. The van der Waals surface area contributed by atoms with Gasteiger partial charge >= 0.3 is 11.4 Å². The molecule has 0 bridgehead atoms. The molecular formula is C16H17N3O3S. The Hall–Kier alpha value is -2.25. The summed E-state index contributed by atoms with van der Waals surface area (Å²) >= 11 is -2.39. The van der Waals surface area contributed by atoms with Crippen LogP contribution in [0.25, 0.3) is 0 Å². The van der Waals surface area contributed by atoms with Crippen LogP contribution < -0.4 is 9.92 Å². The molecule has 3 rings (SSSR count). The quantitative estimate of drug-likeness (QED) is 0.501. The van der Waals surface area contributed by atoms with E-state index in [0.717, 1.165) is 18.5 Å². The molecule has 0 radical (unpaired) electrons. The zero-order valence-electron chi connectivity index (χ0n) is 12.4. The molecule has 1 aliphatic rings. The van der Waals surface area contributed by atoms with Crippen LogP contribution in [0.2, 0.25) is 0 Å². The second-order valence-corrected chi connectivity index (χ2v) is 5.98. The highest BCUT2D eigenvalue weighted by atomic mass is 32.2. The van der Waals surface area contributed by atoms with E-state index in [1.807, 2.05) is 6.07 Å². The number of hydrogen-bond acceptors (Lipinski definition) is 5. The molecule has 23 heavy (non-hydrogen) atoms. The van der Waals surface area contributed by atoms with Crippen molar-refractivity contribution >= 4 is 28.4 Å². The second-order valence-electron chi connectivity index (χ2n) is 5.38. The summed E-state index contributed by atoms with van der Waals surface area (Å²) in [4.78, 5) is 0. The fourth-order valence-electron chi connectivity index (χ4n) is 2.64. The normalized spacial score (nSPS) is 15.3. The third-order valence-electron chi connectivity index (χ3n) is 3.77. The predicted octanol–water partition coefficient (Wildman–Crippen LogP) is 4.08. The topological polar surface area (TPSA) is 97.3 Å². The Morgan fingerprint density at radius 1 is 1.04 bits per heavy atom. The van der Waals surface area contributed by atoms with Gasteiger partial charge in [0.05, 0.1) is 11.4 Å². The van der Waals surface area contributed by atoms with Crippen molar-refractivity contribution in [3.8, 4) is 5.75 Å². The number of nitrogens with two attached hydrogens (primary N) is 1. The van der Waals surface area contributed by atoms with Crippen LogP contribution in [0.4, 0.5) is 17.1 Å². The summed E-state index contributed by atoms with van der Waals surface area (Å²) < 4.78 is 24.1. The largest absolute Gasteiger partial charge is 0.397 e. The molecule has 0 aromatic heterocycles. The Kier molecular flexibility index (Phi) is 4.68. The van der Waals surface area contributed by atoms with Crippen molar-refractivity contribution in [2.75, 3.05) is 5.73 Å². The Balaban J connectivity index is 1.83. The summed E-state index contributed by atoms with van der Waals surface area (Å²) in [7, 11) is 0. The molecule has 7 heteroatoms. The number of azo groups is 1. The van der Waals surface area contributed by atoms with Gasteiger partial charge in [0.1, 0.15) is 11.4 Å². The molecule has 120 valence electrons. The number of nitrogen functional groups attached to an aromatic ring is 1. The molecule has 0 fully saturated rings. The lowest BCUT2D eigenvalue weighted by Gasteiger charge is -2.15.